The summed E-state index contributed by atoms with van der Waals surface area (Å²) in [4.78, 5) is 26.1. The fraction of sp³-hybridized carbons (Fsp3) is 0.962. The molecule has 0 aliphatic rings. The molecule has 0 saturated carbocycles. The number of rotatable bonds is 49. The summed E-state index contributed by atoms with van der Waals surface area (Å²) in [6, 6.07) is -0.691. The Kier molecular flexibility index (Phi) is 47.0. The Morgan fingerprint density at radius 1 is 0.424 bits per heavy atom. The number of aliphatic hydroxyl groups excluding tert-OH is 2. The lowest BCUT2D eigenvalue weighted by molar-refractivity contribution is -0.151. The van der Waals surface area contributed by atoms with Gasteiger partial charge in [0.2, 0.25) is 5.91 Å². The van der Waals surface area contributed by atoms with E-state index in [9.17, 15) is 19.8 Å². The SMILES string of the molecule is CCCCCCCCCCCCCCCCCCC(CC(=O)NC(CO)C(O)CCCCCCCCCCC)OC(=O)CCCCCCCCCCCCCCCCC. The molecule has 6 heteroatoms. The normalized spacial score (nSPS) is 13.1. The number of esters is 1. The first kappa shape index (κ1) is 57.9. The quantitative estimate of drug-likeness (QED) is 0.0419. The topological polar surface area (TPSA) is 95.9 Å². The Morgan fingerprint density at radius 2 is 0.712 bits per heavy atom. The molecule has 0 aromatic rings. The van der Waals surface area contributed by atoms with Gasteiger partial charge < -0.3 is 20.3 Å². The Bertz CT molecular complexity index is 852. The lowest BCUT2D eigenvalue weighted by atomic mass is 10.0. The third-order valence-corrected chi connectivity index (χ3v) is 12.7. The van der Waals surface area contributed by atoms with Crippen LogP contribution in [-0.4, -0.2) is 46.9 Å². The average molecular weight is 836 g/mol. The van der Waals surface area contributed by atoms with Gasteiger partial charge in [0, 0.05) is 6.42 Å². The van der Waals surface area contributed by atoms with Crippen LogP contribution in [0, 0.1) is 0 Å². The molecule has 6 nitrogen and oxygen atoms in total. The summed E-state index contributed by atoms with van der Waals surface area (Å²) in [6.07, 6.45) is 51.7. The van der Waals surface area contributed by atoms with Crippen LogP contribution in [0.5, 0.6) is 0 Å². The minimum absolute atomic E-state index is 0.0879. The van der Waals surface area contributed by atoms with Crippen LogP contribution in [0.4, 0.5) is 0 Å². The standard InChI is InChI=1S/C53H105NO5/c1-4-7-10-13-16-19-21-23-25-27-28-30-33-35-38-41-44-49(47-52(57)54-50(48-55)51(56)45-42-39-36-32-18-15-12-9-6-3)59-53(58)46-43-40-37-34-31-29-26-24-22-20-17-14-11-8-5-2/h49-51,55-56H,4-48H2,1-3H3,(H,54,57). The van der Waals surface area contributed by atoms with Gasteiger partial charge in [-0.3, -0.25) is 9.59 Å². The van der Waals surface area contributed by atoms with Crippen molar-refractivity contribution < 1.29 is 24.5 Å². The molecule has 0 spiro atoms. The predicted octanol–water partition coefficient (Wildman–Crippen LogP) is 16.0. The zero-order chi connectivity index (χ0) is 43.1. The van der Waals surface area contributed by atoms with E-state index < -0.39 is 18.2 Å². The van der Waals surface area contributed by atoms with Crippen LogP contribution in [-0.2, 0) is 14.3 Å². The van der Waals surface area contributed by atoms with Crippen molar-refractivity contribution in [2.24, 2.45) is 0 Å². The fourth-order valence-electron chi connectivity index (χ4n) is 8.61. The van der Waals surface area contributed by atoms with Crippen LogP contribution < -0.4 is 5.32 Å². The van der Waals surface area contributed by atoms with E-state index in [1.54, 1.807) is 0 Å². The second-order valence-electron chi connectivity index (χ2n) is 18.6. The van der Waals surface area contributed by atoms with Crippen molar-refractivity contribution in [3.05, 3.63) is 0 Å². The number of carbonyl (C=O) groups is 2. The van der Waals surface area contributed by atoms with Crippen molar-refractivity contribution in [1.29, 1.82) is 0 Å². The monoisotopic (exact) mass is 836 g/mol. The molecule has 1 amide bonds. The maximum absolute atomic E-state index is 13.2. The van der Waals surface area contributed by atoms with E-state index in [0.29, 0.717) is 19.3 Å². The van der Waals surface area contributed by atoms with Crippen LogP contribution in [0.15, 0.2) is 0 Å². The molecule has 0 saturated heterocycles. The first-order chi connectivity index (χ1) is 29.0. The number of hydrogen-bond donors (Lipinski definition) is 3. The third kappa shape index (κ3) is 43.3. The molecule has 59 heavy (non-hydrogen) atoms. The molecule has 0 aromatic carbocycles. The van der Waals surface area contributed by atoms with Crippen LogP contribution >= 0.6 is 0 Å². The van der Waals surface area contributed by atoms with Gasteiger partial charge in [-0.25, -0.2) is 0 Å². The van der Waals surface area contributed by atoms with Gasteiger partial charge in [-0.1, -0.05) is 265 Å². The molecule has 0 aliphatic heterocycles. The second kappa shape index (κ2) is 47.9. The summed E-state index contributed by atoms with van der Waals surface area (Å²) in [5.74, 6) is -0.450. The smallest absolute Gasteiger partial charge is 0.306 e. The van der Waals surface area contributed by atoms with E-state index in [1.807, 2.05) is 0 Å². The first-order valence-electron chi connectivity index (χ1n) is 26.8. The third-order valence-electron chi connectivity index (χ3n) is 12.7. The highest BCUT2D eigenvalue weighted by Gasteiger charge is 2.24. The summed E-state index contributed by atoms with van der Waals surface area (Å²) in [5, 5.41) is 23.7. The number of aliphatic hydroxyl groups is 2. The predicted molar refractivity (Wildman–Crippen MR) is 255 cm³/mol. The first-order valence-corrected chi connectivity index (χ1v) is 26.8. The van der Waals surface area contributed by atoms with Gasteiger partial charge >= 0.3 is 5.97 Å². The molecule has 352 valence electrons. The van der Waals surface area contributed by atoms with E-state index in [0.717, 1.165) is 38.5 Å². The van der Waals surface area contributed by atoms with Crippen LogP contribution in [0.25, 0.3) is 0 Å². The van der Waals surface area contributed by atoms with Crippen LogP contribution in [0.3, 0.4) is 0 Å². The summed E-state index contributed by atoms with van der Waals surface area (Å²) in [5.41, 5.74) is 0. The van der Waals surface area contributed by atoms with E-state index in [4.69, 9.17) is 4.74 Å². The van der Waals surface area contributed by atoms with Crippen LogP contribution in [0.1, 0.15) is 303 Å². The number of hydrogen-bond acceptors (Lipinski definition) is 5. The van der Waals surface area contributed by atoms with Crippen molar-refractivity contribution >= 4 is 11.9 Å². The maximum atomic E-state index is 13.2. The number of amides is 1. The molecule has 0 rings (SSSR count). The Morgan fingerprint density at radius 3 is 1.03 bits per heavy atom. The highest BCUT2D eigenvalue weighted by molar-refractivity contribution is 5.77. The summed E-state index contributed by atoms with van der Waals surface area (Å²) >= 11 is 0. The van der Waals surface area contributed by atoms with Gasteiger partial charge in [0.05, 0.1) is 25.2 Å². The summed E-state index contributed by atoms with van der Waals surface area (Å²) < 4.78 is 5.95. The van der Waals surface area contributed by atoms with Crippen molar-refractivity contribution in [2.75, 3.05) is 6.61 Å². The lowest BCUT2D eigenvalue weighted by Crippen LogP contribution is -2.46. The van der Waals surface area contributed by atoms with Crippen molar-refractivity contribution in [1.82, 2.24) is 5.32 Å². The van der Waals surface area contributed by atoms with Gasteiger partial charge in [-0.05, 0) is 25.7 Å². The lowest BCUT2D eigenvalue weighted by Gasteiger charge is -2.24. The van der Waals surface area contributed by atoms with Gasteiger partial charge in [-0.2, -0.15) is 0 Å². The minimum Gasteiger partial charge on any atom is -0.462 e. The molecular formula is C53H105NO5. The molecule has 0 aromatic heterocycles. The van der Waals surface area contributed by atoms with Gasteiger partial charge in [0.15, 0.2) is 0 Å². The fourth-order valence-corrected chi connectivity index (χ4v) is 8.61. The van der Waals surface area contributed by atoms with E-state index in [-0.39, 0.29) is 24.9 Å². The Labute approximate surface area is 368 Å². The largest absolute Gasteiger partial charge is 0.462 e. The van der Waals surface area contributed by atoms with E-state index in [1.165, 1.54) is 218 Å². The molecule has 3 atom stereocenters. The molecule has 3 unspecified atom stereocenters. The Hall–Kier alpha value is -1.14. The van der Waals surface area contributed by atoms with Gasteiger partial charge in [0.25, 0.3) is 0 Å². The highest BCUT2D eigenvalue weighted by Crippen LogP contribution is 2.19. The summed E-state index contributed by atoms with van der Waals surface area (Å²) in [6.45, 7) is 6.50. The number of ether oxygens (including phenoxy) is 1. The summed E-state index contributed by atoms with van der Waals surface area (Å²) in [7, 11) is 0. The molecule has 0 bridgehead atoms. The molecule has 0 aliphatic carbocycles. The van der Waals surface area contributed by atoms with E-state index in [2.05, 4.69) is 26.1 Å². The van der Waals surface area contributed by atoms with Gasteiger partial charge in [0.1, 0.15) is 6.10 Å². The minimum atomic E-state index is -0.778. The zero-order valence-corrected chi connectivity index (χ0v) is 40.2. The van der Waals surface area contributed by atoms with Crippen LogP contribution in [0.2, 0.25) is 0 Å². The Balaban J connectivity index is 4.49. The van der Waals surface area contributed by atoms with Crippen molar-refractivity contribution in [3.63, 3.8) is 0 Å². The van der Waals surface area contributed by atoms with Crippen molar-refractivity contribution in [3.8, 4) is 0 Å². The van der Waals surface area contributed by atoms with Gasteiger partial charge in [-0.15, -0.1) is 0 Å². The van der Waals surface area contributed by atoms with E-state index >= 15 is 0 Å². The second-order valence-corrected chi connectivity index (χ2v) is 18.6. The number of nitrogens with one attached hydrogen (secondary N) is 1. The molecular weight excluding hydrogens is 731 g/mol. The molecule has 0 heterocycles. The highest BCUT2D eigenvalue weighted by atomic mass is 16.5. The average Bonchev–Trinajstić information content (AvgIpc) is 3.23. The molecule has 0 radical (unpaired) electrons. The molecule has 3 N–H and O–H groups in total. The van der Waals surface area contributed by atoms with Crippen molar-refractivity contribution in [2.45, 2.75) is 322 Å². The molecule has 0 fully saturated rings. The number of carbonyl (C=O) groups excluding carboxylic acids is 2. The maximum Gasteiger partial charge on any atom is 0.306 e. The number of unbranched alkanes of at least 4 members (excludes halogenated alkanes) is 37. The zero-order valence-electron chi connectivity index (χ0n) is 40.2.